The summed E-state index contributed by atoms with van der Waals surface area (Å²) in [6, 6.07) is 6.79. The van der Waals surface area contributed by atoms with Crippen molar-refractivity contribution in [2.24, 2.45) is 0 Å². The number of aliphatic carboxylic acids is 1. The fraction of sp³-hybridized carbons (Fsp3) is 0.238. The average Bonchev–Trinajstić information content (AvgIpc) is 3.28. The molecule has 31 heavy (non-hydrogen) atoms. The first-order valence-corrected chi connectivity index (χ1v) is 11.1. The average molecular weight is 458 g/mol. The van der Waals surface area contributed by atoms with E-state index in [4.69, 9.17) is 16.6 Å². The van der Waals surface area contributed by atoms with E-state index in [0.717, 1.165) is 0 Å². The highest BCUT2D eigenvalue weighted by atomic mass is 35.5. The van der Waals surface area contributed by atoms with Gasteiger partial charge in [0.2, 0.25) is 0 Å². The number of hydrogen-bond donors (Lipinski definition) is 1. The Morgan fingerprint density at radius 2 is 2.03 bits per heavy atom. The van der Waals surface area contributed by atoms with Gasteiger partial charge < -0.3 is 19.1 Å². The number of anilines is 1. The molecule has 0 aliphatic heterocycles. The molecule has 4 rings (SSSR count). The van der Waals surface area contributed by atoms with Gasteiger partial charge in [-0.1, -0.05) is 11.6 Å². The zero-order chi connectivity index (χ0) is 22.1. The first-order valence-electron chi connectivity index (χ1n) is 9.49. The Kier molecular flexibility index (Phi) is 5.88. The highest BCUT2D eigenvalue weighted by Gasteiger charge is 2.19. The second kappa shape index (κ2) is 8.60. The first-order chi connectivity index (χ1) is 14.9. The van der Waals surface area contributed by atoms with Crippen LogP contribution in [0.5, 0.6) is 0 Å². The fourth-order valence-corrected chi connectivity index (χ4v) is 4.63. The number of likely N-dealkylation sites (N-methyl/N-ethyl adjacent to an activating group) is 1. The maximum absolute atomic E-state index is 13.2. The van der Waals surface area contributed by atoms with Crippen LogP contribution in [0.4, 0.5) is 5.82 Å². The van der Waals surface area contributed by atoms with Crippen molar-refractivity contribution in [3.05, 3.63) is 58.2 Å². The van der Waals surface area contributed by atoms with Gasteiger partial charge in [-0.25, -0.2) is 9.97 Å². The quantitative estimate of drug-likeness (QED) is 0.336. The lowest BCUT2D eigenvalue weighted by atomic mass is 10.1. The van der Waals surface area contributed by atoms with Crippen LogP contribution in [0.15, 0.2) is 52.7 Å². The predicted molar refractivity (Wildman–Crippen MR) is 123 cm³/mol. The third-order valence-corrected chi connectivity index (χ3v) is 6.35. The monoisotopic (exact) mass is 457 g/mol. The van der Waals surface area contributed by atoms with Gasteiger partial charge in [-0.2, -0.15) is 0 Å². The van der Waals surface area contributed by atoms with Gasteiger partial charge in [0.15, 0.2) is 5.43 Å². The molecule has 0 unspecified atom stereocenters. The molecule has 1 N–H and O–H groups in total. The van der Waals surface area contributed by atoms with E-state index >= 15 is 0 Å². The van der Waals surface area contributed by atoms with E-state index in [1.54, 1.807) is 41.4 Å². The zero-order valence-corrected chi connectivity index (χ0v) is 18.5. The summed E-state index contributed by atoms with van der Waals surface area (Å²) in [6.07, 6.45) is 7.19. The van der Waals surface area contributed by atoms with Crippen LogP contribution in [0.1, 0.15) is 0 Å². The van der Waals surface area contributed by atoms with E-state index in [0.29, 0.717) is 50.8 Å². The minimum absolute atomic E-state index is 0.196. The number of thioether (sulfide) groups is 1. The van der Waals surface area contributed by atoms with Crippen molar-refractivity contribution in [1.29, 1.82) is 0 Å². The van der Waals surface area contributed by atoms with Crippen molar-refractivity contribution in [2.45, 2.75) is 18.0 Å². The SMILES string of the molecule is CSc1c(Cl)ccc2c(=O)c3ccc(N(C)CCn4ccnc4)nc3n(CC(=O)O)c12. The summed E-state index contributed by atoms with van der Waals surface area (Å²) < 4.78 is 3.53. The van der Waals surface area contributed by atoms with Gasteiger partial charge in [0, 0.05) is 37.9 Å². The van der Waals surface area contributed by atoms with E-state index in [1.165, 1.54) is 11.8 Å². The Morgan fingerprint density at radius 3 is 2.71 bits per heavy atom. The molecule has 0 radical (unpaired) electrons. The molecule has 4 aromatic rings. The molecule has 0 amide bonds. The number of fused-ring (bicyclic) bond motifs is 2. The molecule has 0 saturated heterocycles. The van der Waals surface area contributed by atoms with Gasteiger partial charge >= 0.3 is 5.97 Å². The molecule has 1 aromatic carbocycles. The third kappa shape index (κ3) is 3.98. The number of hydrogen-bond acceptors (Lipinski definition) is 6. The van der Waals surface area contributed by atoms with Crippen molar-refractivity contribution >= 4 is 57.1 Å². The number of nitrogens with zero attached hydrogens (tertiary/aromatic N) is 5. The van der Waals surface area contributed by atoms with Crippen molar-refractivity contribution in [3.63, 3.8) is 0 Å². The van der Waals surface area contributed by atoms with Gasteiger partial charge in [0.25, 0.3) is 0 Å². The molecule has 8 nitrogen and oxygen atoms in total. The molecule has 0 spiro atoms. The topological polar surface area (TPSA) is 93.3 Å². The number of carboxylic acids is 1. The molecule has 0 bridgehead atoms. The second-order valence-corrected chi connectivity index (χ2v) is 8.27. The van der Waals surface area contributed by atoms with Crippen molar-refractivity contribution < 1.29 is 9.90 Å². The Bertz CT molecular complexity index is 1340. The van der Waals surface area contributed by atoms with Gasteiger partial charge in [-0.05, 0) is 30.5 Å². The summed E-state index contributed by atoms with van der Waals surface area (Å²) in [6.45, 7) is 1.03. The van der Waals surface area contributed by atoms with Crippen LogP contribution in [-0.2, 0) is 17.9 Å². The number of carboxylic acid groups (broad SMARTS) is 1. The largest absolute Gasteiger partial charge is 0.480 e. The summed E-state index contributed by atoms with van der Waals surface area (Å²) in [5.41, 5.74) is 0.619. The van der Waals surface area contributed by atoms with Crippen LogP contribution in [0, 0.1) is 0 Å². The van der Waals surface area contributed by atoms with E-state index < -0.39 is 5.97 Å². The zero-order valence-electron chi connectivity index (χ0n) is 16.9. The summed E-state index contributed by atoms with van der Waals surface area (Å²) in [4.78, 5) is 36.2. The lowest BCUT2D eigenvalue weighted by Crippen LogP contribution is -2.24. The molecule has 0 aliphatic rings. The van der Waals surface area contributed by atoms with Crippen molar-refractivity contribution in [3.8, 4) is 0 Å². The number of halogens is 1. The first kappa shape index (κ1) is 21.2. The number of aromatic nitrogens is 4. The summed E-state index contributed by atoms with van der Waals surface area (Å²) in [5, 5.41) is 10.8. The van der Waals surface area contributed by atoms with E-state index in [-0.39, 0.29) is 12.0 Å². The molecular weight excluding hydrogens is 438 g/mol. The van der Waals surface area contributed by atoms with Crippen LogP contribution >= 0.6 is 23.4 Å². The second-order valence-electron chi connectivity index (χ2n) is 7.05. The van der Waals surface area contributed by atoms with E-state index in [1.807, 2.05) is 29.0 Å². The third-order valence-electron chi connectivity index (χ3n) is 5.10. The van der Waals surface area contributed by atoms with E-state index in [2.05, 4.69) is 4.98 Å². The smallest absolute Gasteiger partial charge is 0.323 e. The van der Waals surface area contributed by atoms with Crippen LogP contribution < -0.4 is 10.3 Å². The van der Waals surface area contributed by atoms with Gasteiger partial charge in [0.05, 0.1) is 27.1 Å². The van der Waals surface area contributed by atoms with Gasteiger partial charge in [0.1, 0.15) is 18.0 Å². The summed E-state index contributed by atoms with van der Waals surface area (Å²) in [5.74, 6) is -0.392. The normalized spacial score (nSPS) is 11.3. The summed E-state index contributed by atoms with van der Waals surface area (Å²) >= 11 is 7.74. The molecule has 3 aromatic heterocycles. The molecule has 10 heteroatoms. The lowest BCUT2D eigenvalue weighted by Gasteiger charge is -2.21. The maximum atomic E-state index is 13.2. The standard InChI is InChI=1S/C21H20ClN5O3S/c1-25(9-10-26-8-7-23-12-26)16-6-4-14-19(30)13-3-5-15(22)20(31-2)18(13)27(11-17(28)29)21(14)24-16/h3-8,12H,9-11H2,1-2H3,(H,28,29). The minimum Gasteiger partial charge on any atom is -0.480 e. The lowest BCUT2D eigenvalue weighted by molar-refractivity contribution is -0.137. The van der Waals surface area contributed by atoms with Gasteiger partial charge in [-0.15, -0.1) is 11.8 Å². The number of benzene rings is 1. The molecule has 0 fully saturated rings. The Labute approximate surface area is 187 Å². The molecule has 3 heterocycles. The number of imidazole rings is 1. The molecule has 0 aliphatic carbocycles. The predicted octanol–water partition coefficient (Wildman–Crippen LogP) is 3.34. The van der Waals surface area contributed by atoms with Crippen LogP contribution in [0.2, 0.25) is 5.02 Å². The highest BCUT2D eigenvalue weighted by Crippen LogP contribution is 2.34. The Hall–Kier alpha value is -3.04. The number of pyridine rings is 2. The Morgan fingerprint density at radius 1 is 1.26 bits per heavy atom. The molecule has 0 saturated carbocycles. The maximum Gasteiger partial charge on any atom is 0.323 e. The highest BCUT2D eigenvalue weighted by molar-refractivity contribution is 7.99. The van der Waals surface area contributed by atoms with Crippen molar-refractivity contribution in [1.82, 2.24) is 19.1 Å². The van der Waals surface area contributed by atoms with Gasteiger partial charge in [-0.3, -0.25) is 9.59 Å². The Balaban J connectivity index is 1.91. The summed E-state index contributed by atoms with van der Waals surface area (Å²) in [7, 11) is 1.90. The molecular formula is C21H20ClN5O3S. The number of carbonyl (C=O) groups is 1. The van der Waals surface area contributed by atoms with Crippen LogP contribution in [0.3, 0.4) is 0 Å². The molecule has 0 atom stereocenters. The minimum atomic E-state index is -1.03. The van der Waals surface area contributed by atoms with E-state index in [9.17, 15) is 14.7 Å². The van der Waals surface area contributed by atoms with Crippen LogP contribution in [-0.4, -0.2) is 50.0 Å². The molecule has 160 valence electrons. The van der Waals surface area contributed by atoms with Crippen LogP contribution in [0.25, 0.3) is 21.9 Å². The fourth-order valence-electron chi connectivity index (χ4n) is 3.57. The number of rotatable bonds is 7. The van der Waals surface area contributed by atoms with Crippen molar-refractivity contribution in [2.75, 3.05) is 24.7 Å².